The van der Waals surface area contributed by atoms with E-state index in [1.54, 1.807) is 12.1 Å². The third-order valence-electron chi connectivity index (χ3n) is 2.88. The Morgan fingerprint density at radius 3 is 2.00 bits per heavy atom. The molecule has 102 valence electrons. The van der Waals surface area contributed by atoms with E-state index in [-0.39, 0.29) is 11.1 Å². The number of carbonyl (C=O) groups excluding carboxylic acids is 1. The lowest BCUT2D eigenvalue weighted by molar-refractivity contribution is -0.643. The maximum Gasteiger partial charge on any atom is 0.444 e. The zero-order chi connectivity index (χ0) is 14.6. The van der Waals surface area contributed by atoms with Gasteiger partial charge >= 0.3 is 5.72 Å². The summed E-state index contributed by atoms with van der Waals surface area (Å²) in [6.07, 6.45) is 0. The van der Waals surface area contributed by atoms with Crippen LogP contribution in [-0.4, -0.2) is 10.7 Å². The summed E-state index contributed by atoms with van der Waals surface area (Å²) in [5.41, 5.74) is -3.07. The minimum absolute atomic E-state index is 0.00861. The Hall–Kier alpha value is -2.60. The molecule has 1 unspecified atom stereocenters. The third kappa shape index (κ3) is 2.17. The minimum atomic E-state index is -2.89. The standard InChI is InChI=1S/C14H10FNO4/c15-20-14(16(18)19,12-9-5-2-6-10-12)13(17)11-7-3-1-4-8-11/h1-10H. The van der Waals surface area contributed by atoms with Crippen LogP contribution in [0.4, 0.5) is 4.53 Å². The molecule has 0 N–H and O–H groups in total. The molecule has 0 aliphatic heterocycles. The first-order valence-corrected chi connectivity index (χ1v) is 5.72. The first-order chi connectivity index (χ1) is 9.63. The van der Waals surface area contributed by atoms with Crippen LogP contribution >= 0.6 is 0 Å². The fraction of sp³-hybridized carbons (Fsp3) is 0.0714. The molecule has 2 rings (SSSR count). The van der Waals surface area contributed by atoms with Gasteiger partial charge in [-0.05, 0) is 16.7 Å². The fourth-order valence-corrected chi connectivity index (χ4v) is 1.88. The van der Waals surface area contributed by atoms with Crippen LogP contribution in [0, 0.1) is 10.1 Å². The Balaban J connectivity index is 2.59. The summed E-state index contributed by atoms with van der Waals surface area (Å²) in [5, 5.41) is 11.3. The molecule has 0 heterocycles. The maximum atomic E-state index is 13.0. The molecule has 2 aromatic rings. The second-order valence-electron chi connectivity index (χ2n) is 4.04. The van der Waals surface area contributed by atoms with Crippen molar-refractivity contribution in [1.29, 1.82) is 0 Å². The summed E-state index contributed by atoms with van der Waals surface area (Å²) in [6.45, 7) is 0. The van der Waals surface area contributed by atoms with Crippen LogP contribution < -0.4 is 0 Å². The summed E-state index contributed by atoms with van der Waals surface area (Å²) in [7, 11) is 0. The van der Waals surface area contributed by atoms with Gasteiger partial charge in [0.25, 0.3) is 5.78 Å². The van der Waals surface area contributed by atoms with Crippen molar-refractivity contribution < 1.29 is 19.2 Å². The second kappa shape index (κ2) is 5.58. The van der Waals surface area contributed by atoms with E-state index in [0.717, 1.165) is 0 Å². The number of nitrogens with zero attached hydrogens (tertiary/aromatic N) is 1. The van der Waals surface area contributed by atoms with Gasteiger partial charge in [-0.1, -0.05) is 48.5 Å². The van der Waals surface area contributed by atoms with Crippen LogP contribution in [0.5, 0.6) is 0 Å². The van der Waals surface area contributed by atoms with Crippen LogP contribution in [0.25, 0.3) is 0 Å². The van der Waals surface area contributed by atoms with Crippen LogP contribution in [0.15, 0.2) is 60.7 Å². The molecule has 1 atom stereocenters. The van der Waals surface area contributed by atoms with Crippen LogP contribution in [0.3, 0.4) is 0 Å². The van der Waals surface area contributed by atoms with Crippen LogP contribution in [0.2, 0.25) is 0 Å². The van der Waals surface area contributed by atoms with E-state index in [1.807, 2.05) is 0 Å². The van der Waals surface area contributed by atoms with Crippen molar-refractivity contribution in [3.8, 4) is 0 Å². The number of hydrogen-bond donors (Lipinski definition) is 0. The number of rotatable bonds is 5. The van der Waals surface area contributed by atoms with E-state index in [0.29, 0.717) is 0 Å². The fourth-order valence-electron chi connectivity index (χ4n) is 1.88. The third-order valence-corrected chi connectivity index (χ3v) is 2.88. The van der Waals surface area contributed by atoms with Crippen LogP contribution in [-0.2, 0) is 10.7 Å². The molecule has 0 aliphatic carbocycles. The Bertz CT molecular complexity index is 618. The molecule has 0 aliphatic rings. The molecule has 0 saturated heterocycles. The van der Waals surface area contributed by atoms with Gasteiger partial charge in [-0.2, -0.15) is 0 Å². The van der Waals surface area contributed by atoms with E-state index < -0.39 is 16.4 Å². The summed E-state index contributed by atoms with van der Waals surface area (Å²) < 4.78 is 13.0. The molecular formula is C14H10FNO4. The van der Waals surface area contributed by atoms with Gasteiger partial charge in [-0.3, -0.25) is 14.9 Å². The summed E-state index contributed by atoms with van der Waals surface area (Å²) in [5.74, 6) is -1.07. The molecule has 0 bridgehead atoms. The number of hydrogen-bond acceptors (Lipinski definition) is 4. The van der Waals surface area contributed by atoms with Gasteiger partial charge in [0.15, 0.2) is 0 Å². The lowest BCUT2D eigenvalue weighted by atomic mass is 9.94. The lowest BCUT2D eigenvalue weighted by Crippen LogP contribution is -2.44. The molecule has 20 heavy (non-hydrogen) atoms. The lowest BCUT2D eigenvalue weighted by Gasteiger charge is -2.19. The molecule has 2 aromatic carbocycles. The van der Waals surface area contributed by atoms with Gasteiger partial charge in [-0.25, -0.2) is 0 Å². The van der Waals surface area contributed by atoms with Gasteiger partial charge < -0.3 is 0 Å². The summed E-state index contributed by atoms with van der Waals surface area (Å²) in [6, 6.07) is 14.5. The van der Waals surface area contributed by atoms with Crippen LogP contribution in [0.1, 0.15) is 15.9 Å². The zero-order valence-corrected chi connectivity index (χ0v) is 10.2. The normalized spacial score (nSPS) is 13.4. The molecule has 0 radical (unpaired) electrons. The Labute approximate surface area is 113 Å². The van der Waals surface area contributed by atoms with Gasteiger partial charge in [0, 0.05) is 5.56 Å². The number of ketones is 1. The van der Waals surface area contributed by atoms with Crippen molar-refractivity contribution in [2.24, 2.45) is 0 Å². The molecule has 0 saturated carbocycles. The maximum absolute atomic E-state index is 13.0. The number of halogens is 1. The van der Waals surface area contributed by atoms with Gasteiger partial charge in [0.2, 0.25) is 0 Å². The second-order valence-corrected chi connectivity index (χ2v) is 4.04. The average Bonchev–Trinajstić information content (AvgIpc) is 2.50. The van der Waals surface area contributed by atoms with E-state index in [2.05, 4.69) is 4.94 Å². The largest absolute Gasteiger partial charge is 0.444 e. The quantitative estimate of drug-likeness (QED) is 0.364. The predicted octanol–water partition coefficient (Wildman–Crippen LogP) is 2.90. The SMILES string of the molecule is O=C(c1ccccc1)C(OF)(c1ccccc1)[N+](=O)[O-]. The average molecular weight is 275 g/mol. The molecule has 0 amide bonds. The molecule has 0 spiro atoms. The first kappa shape index (κ1) is 13.8. The van der Waals surface area contributed by atoms with Gasteiger partial charge in [-0.15, -0.1) is 4.94 Å². The van der Waals surface area contributed by atoms with Crippen molar-refractivity contribution in [3.63, 3.8) is 0 Å². The highest BCUT2D eigenvalue weighted by Gasteiger charge is 2.56. The van der Waals surface area contributed by atoms with E-state index >= 15 is 0 Å². The van der Waals surface area contributed by atoms with E-state index in [4.69, 9.17) is 0 Å². The Kier molecular flexibility index (Phi) is 3.86. The molecule has 5 nitrogen and oxygen atoms in total. The number of nitro groups is 1. The van der Waals surface area contributed by atoms with Crippen molar-refractivity contribution in [2.45, 2.75) is 5.72 Å². The number of carbonyl (C=O) groups is 1. The highest BCUT2D eigenvalue weighted by molar-refractivity contribution is 6.01. The smallest absolute Gasteiger partial charge is 0.282 e. The topological polar surface area (TPSA) is 69.4 Å². The minimum Gasteiger partial charge on any atom is -0.282 e. The van der Waals surface area contributed by atoms with E-state index in [1.165, 1.54) is 48.5 Å². The first-order valence-electron chi connectivity index (χ1n) is 5.72. The highest BCUT2D eigenvalue weighted by Crippen LogP contribution is 2.31. The number of benzene rings is 2. The highest BCUT2D eigenvalue weighted by atomic mass is 19.3. The van der Waals surface area contributed by atoms with Crippen molar-refractivity contribution in [1.82, 2.24) is 0 Å². The summed E-state index contributed by atoms with van der Waals surface area (Å²) >= 11 is 0. The van der Waals surface area contributed by atoms with Gasteiger partial charge in [0.1, 0.15) is 0 Å². The van der Waals surface area contributed by atoms with Crippen molar-refractivity contribution >= 4 is 5.78 Å². The van der Waals surface area contributed by atoms with Crippen molar-refractivity contribution in [3.05, 3.63) is 81.9 Å². The van der Waals surface area contributed by atoms with E-state index in [9.17, 15) is 19.4 Å². The zero-order valence-electron chi connectivity index (χ0n) is 10.2. The Morgan fingerprint density at radius 2 is 1.55 bits per heavy atom. The predicted molar refractivity (Wildman–Crippen MR) is 68.1 cm³/mol. The summed E-state index contributed by atoms with van der Waals surface area (Å²) in [4.78, 5) is 26.1. The molecule has 0 aromatic heterocycles. The molecule has 6 heteroatoms. The van der Waals surface area contributed by atoms with Crippen molar-refractivity contribution in [2.75, 3.05) is 0 Å². The Morgan fingerprint density at radius 1 is 1.05 bits per heavy atom. The van der Waals surface area contributed by atoms with Gasteiger partial charge in [0.05, 0.1) is 10.5 Å². The number of Topliss-reactive ketones (excluding diaryl/α,β-unsaturated/α-hetero) is 1. The molecule has 0 fully saturated rings. The molecular weight excluding hydrogens is 265 g/mol. The monoisotopic (exact) mass is 275 g/mol.